The van der Waals surface area contributed by atoms with E-state index in [0.29, 0.717) is 19.4 Å². The molecule has 0 heterocycles. The van der Waals surface area contributed by atoms with Crippen LogP contribution in [0.3, 0.4) is 0 Å². The maximum atomic E-state index is 12.0. The summed E-state index contributed by atoms with van der Waals surface area (Å²) in [6, 6.07) is -0.324. The third-order valence-corrected chi connectivity index (χ3v) is 5.03. The summed E-state index contributed by atoms with van der Waals surface area (Å²) >= 11 is 0. The molecule has 2 saturated carbocycles. The van der Waals surface area contributed by atoms with E-state index < -0.39 is 11.5 Å². The largest absolute Gasteiger partial charge is 0.480 e. The summed E-state index contributed by atoms with van der Waals surface area (Å²) in [5, 5.41) is 15.0. The molecule has 0 radical (unpaired) electrons. The topological polar surface area (TPSA) is 78.4 Å². The fraction of sp³-hybridized carbons (Fsp3) is 0.875. The van der Waals surface area contributed by atoms with Crippen molar-refractivity contribution in [1.29, 1.82) is 0 Å². The number of rotatable bonds is 5. The van der Waals surface area contributed by atoms with Crippen molar-refractivity contribution in [3.63, 3.8) is 0 Å². The van der Waals surface area contributed by atoms with Gasteiger partial charge in [-0.3, -0.25) is 0 Å². The van der Waals surface area contributed by atoms with Gasteiger partial charge in [0.05, 0.1) is 0 Å². The molecular formula is C16H28N2O3. The second-order valence-electron chi connectivity index (χ2n) is 6.62. The fourth-order valence-corrected chi connectivity index (χ4v) is 3.67. The number of aliphatic carboxylic acids is 1. The highest BCUT2D eigenvalue weighted by Gasteiger charge is 2.40. The Bertz CT molecular complexity index is 359. The first-order chi connectivity index (χ1) is 10.1. The molecule has 2 amide bonds. The Morgan fingerprint density at radius 3 is 2.24 bits per heavy atom. The SMILES string of the molecule is O=C(NCCC1CCCCC1)NC1(C(=O)O)CCCCC1. The number of nitrogens with one attached hydrogen (secondary N) is 2. The van der Waals surface area contributed by atoms with Gasteiger partial charge in [-0.05, 0) is 25.2 Å². The zero-order chi connectivity index (χ0) is 15.1. The van der Waals surface area contributed by atoms with Gasteiger partial charge >= 0.3 is 12.0 Å². The summed E-state index contributed by atoms with van der Waals surface area (Å²) in [6.07, 6.45) is 11.4. The number of amides is 2. The van der Waals surface area contributed by atoms with Crippen molar-refractivity contribution in [1.82, 2.24) is 10.6 Å². The van der Waals surface area contributed by atoms with Crippen LogP contribution in [-0.4, -0.2) is 29.2 Å². The summed E-state index contributed by atoms with van der Waals surface area (Å²) in [5.74, 6) is -0.174. The van der Waals surface area contributed by atoms with Crippen LogP contribution in [0.2, 0.25) is 0 Å². The smallest absolute Gasteiger partial charge is 0.329 e. The molecule has 2 aliphatic carbocycles. The van der Waals surface area contributed by atoms with Crippen LogP contribution in [0.25, 0.3) is 0 Å². The van der Waals surface area contributed by atoms with E-state index in [1.54, 1.807) is 0 Å². The number of carboxylic acids is 1. The molecule has 0 spiro atoms. The molecule has 0 unspecified atom stereocenters. The molecule has 0 aromatic rings. The van der Waals surface area contributed by atoms with Crippen LogP contribution in [0.1, 0.15) is 70.6 Å². The molecule has 2 aliphatic rings. The van der Waals surface area contributed by atoms with E-state index in [1.165, 1.54) is 32.1 Å². The van der Waals surface area contributed by atoms with E-state index in [-0.39, 0.29) is 6.03 Å². The lowest BCUT2D eigenvalue weighted by atomic mass is 9.82. The first-order valence-corrected chi connectivity index (χ1v) is 8.42. The van der Waals surface area contributed by atoms with Gasteiger partial charge in [0, 0.05) is 6.54 Å². The Kier molecular flexibility index (Phi) is 5.88. The second-order valence-corrected chi connectivity index (χ2v) is 6.62. The minimum atomic E-state index is -1.05. The van der Waals surface area contributed by atoms with Gasteiger partial charge in [-0.25, -0.2) is 9.59 Å². The van der Waals surface area contributed by atoms with Gasteiger partial charge in [0.15, 0.2) is 0 Å². The van der Waals surface area contributed by atoms with Crippen molar-refractivity contribution in [3.05, 3.63) is 0 Å². The van der Waals surface area contributed by atoms with Crippen LogP contribution < -0.4 is 10.6 Å². The van der Waals surface area contributed by atoms with Gasteiger partial charge < -0.3 is 15.7 Å². The molecule has 0 atom stereocenters. The van der Waals surface area contributed by atoms with Crippen molar-refractivity contribution in [2.45, 2.75) is 76.2 Å². The average molecular weight is 296 g/mol. The highest BCUT2D eigenvalue weighted by atomic mass is 16.4. The Balaban J connectivity index is 1.73. The lowest BCUT2D eigenvalue weighted by molar-refractivity contribution is -0.145. The van der Waals surface area contributed by atoms with E-state index in [0.717, 1.165) is 31.6 Å². The number of carboxylic acid groups (broad SMARTS) is 1. The number of hydrogen-bond donors (Lipinski definition) is 3. The maximum absolute atomic E-state index is 12.0. The highest BCUT2D eigenvalue weighted by molar-refractivity contribution is 5.86. The molecular weight excluding hydrogens is 268 g/mol. The third-order valence-electron chi connectivity index (χ3n) is 5.03. The summed E-state index contributed by atoms with van der Waals surface area (Å²) < 4.78 is 0. The molecule has 2 fully saturated rings. The Morgan fingerprint density at radius 2 is 1.62 bits per heavy atom. The normalized spacial score (nSPS) is 22.5. The lowest BCUT2D eigenvalue weighted by Crippen LogP contribution is -2.58. The monoisotopic (exact) mass is 296 g/mol. The van der Waals surface area contributed by atoms with Crippen LogP contribution in [0.4, 0.5) is 4.79 Å². The van der Waals surface area contributed by atoms with E-state index in [2.05, 4.69) is 10.6 Å². The number of hydrogen-bond acceptors (Lipinski definition) is 2. The van der Waals surface area contributed by atoms with Crippen LogP contribution >= 0.6 is 0 Å². The molecule has 3 N–H and O–H groups in total. The van der Waals surface area contributed by atoms with E-state index >= 15 is 0 Å². The highest BCUT2D eigenvalue weighted by Crippen LogP contribution is 2.28. The standard InChI is InChI=1S/C16H28N2O3/c19-14(20)16(10-5-2-6-11-16)18-15(21)17-12-9-13-7-3-1-4-8-13/h13H,1-12H2,(H,19,20)(H2,17,18,21). The summed E-state index contributed by atoms with van der Waals surface area (Å²) in [7, 11) is 0. The van der Waals surface area contributed by atoms with Crippen LogP contribution in [0, 0.1) is 5.92 Å². The molecule has 0 aromatic heterocycles. The summed E-state index contributed by atoms with van der Waals surface area (Å²) in [6.45, 7) is 0.645. The van der Waals surface area contributed by atoms with E-state index in [4.69, 9.17) is 0 Å². The molecule has 21 heavy (non-hydrogen) atoms. The summed E-state index contributed by atoms with van der Waals surface area (Å²) in [5.41, 5.74) is -1.05. The molecule has 0 aliphatic heterocycles. The minimum Gasteiger partial charge on any atom is -0.480 e. The molecule has 120 valence electrons. The van der Waals surface area contributed by atoms with Crippen LogP contribution in [-0.2, 0) is 4.79 Å². The van der Waals surface area contributed by atoms with E-state index in [1.807, 2.05) is 0 Å². The van der Waals surface area contributed by atoms with Crippen molar-refractivity contribution in [2.75, 3.05) is 6.54 Å². The Labute approximate surface area is 126 Å². The Hall–Kier alpha value is -1.26. The number of carbonyl (C=O) groups is 2. The molecule has 0 saturated heterocycles. The van der Waals surface area contributed by atoms with Gasteiger partial charge in [0.2, 0.25) is 0 Å². The molecule has 5 heteroatoms. The lowest BCUT2D eigenvalue weighted by Gasteiger charge is -2.34. The maximum Gasteiger partial charge on any atom is 0.329 e. The fourth-order valence-electron chi connectivity index (χ4n) is 3.67. The molecule has 2 rings (SSSR count). The van der Waals surface area contributed by atoms with Crippen molar-refractivity contribution < 1.29 is 14.7 Å². The van der Waals surface area contributed by atoms with Gasteiger partial charge in [0.25, 0.3) is 0 Å². The predicted molar refractivity (Wildman–Crippen MR) is 81.2 cm³/mol. The van der Waals surface area contributed by atoms with Gasteiger partial charge in [-0.1, -0.05) is 51.4 Å². The third kappa shape index (κ3) is 4.61. The summed E-state index contributed by atoms with van der Waals surface area (Å²) in [4.78, 5) is 23.5. The van der Waals surface area contributed by atoms with Crippen LogP contribution in [0.15, 0.2) is 0 Å². The molecule has 0 aromatic carbocycles. The number of carbonyl (C=O) groups excluding carboxylic acids is 1. The van der Waals surface area contributed by atoms with Crippen LogP contribution in [0.5, 0.6) is 0 Å². The van der Waals surface area contributed by atoms with Crippen molar-refractivity contribution in [3.8, 4) is 0 Å². The van der Waals surface area contributed by atoms with E-state index in [9.17, 15) is 14.7 Å². The zero-order valence-electron chi connectivity index (χ0n) is 12.8. The first kappa shape index (κ1) is 16.1. The zero-order valence-corrected chi connectivity index (χ0v) is 12.8. The van der Waals surface area contributed by atoms with Gasteiger partial charge in [0.1, 0.15) is 5.54 Å². The average Bonchev–Trinajstić information content (AvgIpc) is 2.49. The Morgan fingerprint density at radius 1 is 1.00 bits per heavy atom. The predicted octanol–water partition coefficient (Wildman–Crippen LogP) is 3.04. The van der Waals surface area contributed by atoms with Gasteiger partial charge in [-0.15, -0.1) is 0 Å². The first-order valence-electron chi connectivity index (χ1n) is 8.42. The molecule has 0 bridgehead atoms. The quantitative estimate of drug-likeness (QED) is 0.729. The minimum absolute atomic E-state index is 0.324. The second kappa shape index (κ2) is 7.66. The van der Waals surface area contributed by atoms with Crippen molar-refractivity contribution in [2.24, 2.45) is 5.92 Å². The van der Waals surface area contributed by atoms with Gasteiger partial charge in [-0.2, -0.15) is 0 Å². The number of urea groups is 1. The van der Waals surface area contributed by atoms with Crippen molar-refractivity contribution >= 4 is 12.0 Å². The molecule has 5 nitrogen and oxygen atoms in total.